The third-order valence-corrected chi connectivity index (χ3v) is 9.42. The molecular formula is C28H53N. The van der Waals surface area contributed by atoms with Gasteiger partial charge in [0.1, 0.15) is 0 Å². The van der Waals surface area contributed by atoms with Gasteiger partial charge in [-0.05, 0) is 68.2 Å². The predicted molar refractivity (Wildman–Crippen MR) is 128 cm³/mol. The largest absolute Gasteiger partial charge is 0.311 e. The summed E-state index contributed by atoms with van der Waals surface area (Å²) in [5.74, 6) is 3.09. The summed E-state index contributed by atoms with van der Waals surface area (Å²) >= 11 is 0. The van der Waals surface area contributed by atoms with Gasteiger partial charge in [-0.3, -0.25) is 0 Å². The highest BCUT2D eigenvalue weighted by Gasteiger charge is 2.60. The highest BCUT2D eigenvalue weighted by atomic mass is 15.0. The van der Waals surface area contributed by atoms with Gasteiger partial charge in [0.2, 0.25) is 0 Å². The number of hydrogen-bond acceptors (Lipinski definition) is 1. The maximum absolute atomic E-state index is 4.16. The standard InChI is InChI=1S/C28H53N/c1-4-5-6-7-8-9-10-11-12-13-14-15-16-17-18-29-28-22-24-19-25(23-28)21-26(20-24)27(28,2)3/h24-26,29H,4-23H2,1-3H3. The molecule has 4 saturated carbocycles. The molecule has 0 heterocycles. The molecule has 4 aliphatic carbocycles. The lowest BCUT2D eigenvalue weighted by atomic mass is 9.43. The van der Waals surface area contributed by atoms with Gasteiger partial charge in [-0.1, -0.05) is 104 Å². The zero-order valence-electron chi connectivity index (χ0n) is 20.4. The topological polar surface area (TPSA) is 12.0 Å². The van der Waals surface area contributed by atoms with Crippen molar-refractivity contribution in [2.45, 2.75) is 148 Å². The van der Waals surface area contributed by atoms with Gasteiger partial charge in [-0.15, -0.1) is 0 Å². The van der Waals surface area contributed by atoms with Crippen LogP contribution in [0.2, 0.25) is 0 Å². The lowest BCUT2D eigenvalue weighted by molar-refractivity contribution is -0.123. The first-order chi connectivity index (χ1) is 14.1. The molecule has 4 bridgehead atoms. The van der Waals surface area contributed by atoms with Crippen molar-refractivity contribution in [3.05, 3.63) is 0 Å². The van der Waals surface area contributed by atoms with Gasteiger partial charge in [-0.25, -0.2) is 0 Å². The molecule has 29 heavy (non-hydrogen) atoms. The molecule has 4 rings (SSSR count). The smallest absolute Gasteiger partial charge is 0.0240 e. The van der Waals surface area contributed by atoms with Gasteiger partial charge in [0.15, 0.2) is 0 Å². The van der Waals surface area contributed by atoms with E-state index in [1.54, 1.807) is 6.42 Å². The van der Waals surface area contributed by atoms with Crippen molar-refractivity contribution in [3.63, 3.8) is 0 Å². The average Bonchev–Trinajstić information content (AvgIpc) is 2.69. The van der Waals surface area contributed by atoms with Gasteiger partial charge in [0, 0.05) is 5.54 Å². The minimum absolute atomic E-state index is 0.484. The molecule has 0 amide bonds. The summed E-state index contributed by atoms with van der Waals surface area (Å²) in [6.45, 7) is 8.76. The van der Waals surface area contributed by atoms with E-state index in [1.165, 1.54) is 122 Å². The van der Waals surface area contributed by atoms with Gasteiger partial charge in [0.25, 0.3) is 0 Å². The van der Waals surface area contributed by atoms with Crippen LogP contribution in [0.1, 0.15) is 143 Å². The maximum Gasteiger partial charge on any atom is 0.0240 e. The van der Waals surface area contributed by atoms with Crippen molar-refractivity contribution in [1.29, 1.82) is 0 Å². The fourth-order valence-corrected chi connectivity index (χ4v) is 7.49. The van der Waals surface area contributed by atoms with Crippen LogP contribution in [-0.2, 0) is 0 Å². The Kier molecular flexibility index (Phi) is 9.40. The quantitative estimate of drug-likeness (QED) is 0.254. The molecule has 0 spiro atoms. The summed E-state index contributed by atoms with van der Waals surface area (Å²) in [6.07, 6.45) is 28.0. The molecule has 2 unspecified atom stereocenters. The first kappa shape index (κ1) is 23.6. The molecule has 0 radical (unpaired) electrons. The summed E-state index contributed by atoms with van der Waals surface area (Å²) in [7, 11) is 0. The van der Waals surface area contributed by atoms with E-state index >= 15 is 0 Å². The second-order valence-electron chi connectivity index (χ2n) is 11.9. The van der Waals surface area contributed by atoms with Crippen LogP contribution < -0.4 is 5.32 Å². The molecule has 1 N–H and O–H groups in total. The molecule has 0 aromatic heterocycles. The Bertz CT molecular complexity index is 439. The molecule has 0 aromatic carbocycles. The highest BCUT2D eigenvalue weighted by Crippen LogP contribution is 2.63. The van der Waals surface area contributed by atoms with Crippen LogP contribution in [0.4, 0.5) is 0 Å². The Labute approximate surface area is 183 Å². The van der Waals surface area contributed by atoms with E-state index in [1.807, 2.05) is 0 Å². The van der Waals surface area contributed by atoms with Crippen molar-refractivity contribution in [2.24, 2.45) is 23.2 Å². The number of rotatable bonds is 16. The van der Waals surface area contributed by atoms with Gasteiger partial charge < -0.3 is 5.32 Å². The van der Waals surface area contributed by atoms with E-state index in [0.717, 1.165) is 17.8 Å². The van der Waals surface area contributed by atoms with E-state index in [2.05, 4.69) is 26.1 Å². The van der Waals surface area contributed by atoms with Crippen LogP contribution >= 0.6 is 0 Å². The number of unbranched alkanes of at least 4 members (excludes halogenated alkanes) is 13. The van der Waals surface area contributed by atoms with Crippen LogP contribution in [0.15, 0.2) is 0 Å². The molecule has 2 atom stereocenters. The summed E-state index contributed by atoms with van der Waals surface area (Å²) in [5.41, 5.74) is 1.01. The van der Waals surface area contributed by atoms with Crippen molar-refractivity contribution in [1.82, 2.24) is 5.32 Å². The molecule has 0 saturated heterocycles. The number of hydrogen-bond donors (Lipinski definition) is 1. The van der Waals surface area contributed by atoms with Crippen LogP contribution in [-0.4, -0.2) is 12.1 Å². The predicted octanol–water partition coefficient (Wildman–Crippen LogP) is 8.66. The molecule has 1 heteroatoms. The normalized spacial score (nSPS) is 32.2. The fraction of sp³-hybridized carbons (Fsp3) is 1.00. The van der Waals surface area contributed by atoms with E-state index in [0.29, 0.717) is 11.0 Å². The lowest BCUT2D eigenvalue weighted by Gasteiger charge is -2.66. The Morgan fingerprint density at radius 2 is 1.07 bits per heavy atom. The van der Waals surface area contributed by atoms with Crippen LogP contribution in [0, 0.1) is 23.2 Å². The Hall–Kier alpha value is -0.0400. The van der Waals surface area contributed by atoms with Crippen LogP contribution in [0.3, 0.4) is 0 Å². The number of nitrogens with one attached hydrogen (secondary N) is 1. The third kappa shape index (κ3) is 6.24. The van der Waals surface area contributed by atoms with Crippen molar-refractivity contribution >= 4 is 0 Å². The monoisotopic (exact) mass is 403 g/mol. The van der Waals surface area contributed by atoms with Crippen molar-refractivity contribution in [2.75, 3.05) is 6.54 Å². The van der Waals surface area contributed by atoms with Gasteiger partial charge >= 0.3 is 0 Å². The second-order valence-corrected chi connectivity index (χ2v) is 11.9. The summed E-state index contributed by atoms with van der Waals surface area (Å²) in [5, 5.41) is 4.16. The van der Waals surface area contributed by atoms with Crippen molar-refractivity contribution < 1.29 is 0 Å². The zero-order chi connectivity index (χ0) is 20.6. The molecule has 0 aromatic rings. The van der Waals surface area contributed by atoms with Crippen LogP contribution in [0.5, 0.6) is 0 Å². The van der Waals surface area contributed by atoms with Gasteiger partial charge in [-0.2, -0.15) is 0 Å². The minimum Gasteiger partial charge on any atom is -0.311 e. The first-order valence-electron chi connectivity index (χ1n) is 13.8. The first-order valence-corrected chi connectivity index (χ1v) is 13.8. The van der Waals surface area contributed by atoms with E-state index in [4.69, 9.17) is 0 Å². The fourth-order valence-electron chi connectivity index (χ4n) is 7.49. The van der Waals surface area contributed by atoms with E-state index in [9.17, 15) is 0 Å². The summed E-state index contributed by atoms with van der Waals surface area (Å²) in [6, 6.07) is 0. The second kappa shape index (κ2) is 11.5. The molecule has 0 aliphatic heterocycles. The Morgan fingerprint density at radius 1 is 0.621 bits per heavy atom. The molecule has 170 valence electrons. The lowest BCUT2D eigenvalue weighted by Crippen LogP contribution is -2.68. The van der Waals surface area contributed by atoms with Crippen molar-refractivity contribution in [3.8, 4) is 0 Å². The zero-order valence-corrected chi connectivity index (χ0v) is 20.4. The minimum atomic E-state index is 0.484. The molecule has 4 aliphatic rings. The average molecular weight is 404 g/mol. The summed E-state index contributed by atoms with van der Waals surface area (Å²) in [4.78, 5) is 0. The van der Waals surface area contributed by atoms with E-state index < -0.39 is 0 Å². The molecule has 1 nitrogen and oxygen atoms in total. The van der Waals surface area contributed by atoms with Crippen LogP contribution in [0.25, 0.3) is 0 Å². The Morgan fingerprint density at radius 3 is 1.55 bits per heavy atom. The third-order valence-electron chi connectivity index (χ3n) is 9.42. The molecular weight excluding hydrogens is 350 g/mol. The highest BCUT2D eigenvalue weighted by molar-refractivity contribution is 5.15. The maximum atomic E-state index is 4.16. The molecule has 4 fully saturated rings. The van der Waals surface area contributed by atoms with E-state index in [-0.39, 0.29) is 0 Å². The van der Waals surface area contributed by atoms with Gasteiger partial charge in [0.05, 0.1) is 0 Å². The Balaban J connectivity index is 1.16. The summed E-state index contributed by atoms with van der Waals surface area (Å²) < 4.78 is 0. The SMILES string of the molecule is CCCCCCCCCCCCCCCCNC12CC3CC(CC(C3)C1(C)C)C2.